The number of thiophene rings is 1. The molecule has 0 aliphatic heterocycles. The fourth-order valence-corrected chi connectivity index (χ4v) is 3.85. The Morgan fingerprint density at radius 2 is 2.11 bits per heavy atom. The van der Waals surface area contributed by atoms with Gasteiger partial charge in [0.15, 0.2) is 11.6 Å². The molecule has 1 atom stereocenters. The molecular formula is C14H15BrFNOS. The van der Waals surface area contributed by atoms with Crippen molar-refractivity contribution in [1.29, 1.82) is 0 Å². The van der Waals surface area contributed by atoms with Gasteiger partial charge in [-0.2, -0.15) is 0 Å². The molecule has 5 heteroatoms. The maximum absolute atomic E-state index is 13.5. The van der Waals surface area contributed by atoms with Crippen LogP contribution in [0.4, 0.5) is 4.39 Å². The van der Waals surface area contributed by atoms with Crippen LogP contribution in [0.1, 0.15) is 22.0 Å². The summed E-state index contributed by atoms with van der Waals surface area (Å²) >= 11 is 5.19. The monoisotopic (exact) mass is 343 g/mol. The predicted octanol–water partition coefficient (Wildman–Crippen LogP) is 4.28. The average Bonchev–Trinajstić information content (AvgIpc) is 2.71. The molecular weight excluding hydrogens is 329 g/mol. The Labute approximate surface area is 124 Å². The normalized spacial score (nSPS) is 12.5. The topological polar surface area (TPSA) is 21.3 Å². The maximum Gasteiger partial charge on any atom is 0.165 e. The van der Waals surface area contributed by atoms with E-state index in [-0.39, 0.29) is 17.6 Å². The minimum atomic E-state index is -0.343. The highest BCUT2D eigenvalue weighted by molar-refractivity contribution is 9.11. The van der Waals surface area contributed by atoms with Gasteiger partial charge in [-0.05, 0) is 59.2 Å². The molecule has 102 valence electrons. The van der Waals surface area contributed by atoms with Crippen LogP contribution < -0.4 is 10.1 Å². The molecule has 2 aromatic rings. The van der Waals surface area contributed by atoms with E-state index in [0.717, 1.165) is 9.35 Å². The predicted molar refractivity (Wildman–Crippen MR) is 80.6 cm³/mol. The molecule has 0 aliphatic carbocycles. The van der Waals surface area contributed by atoms with Gasteiger partial charge in [-0.1, -0.05) is 6.07 Å². The molecule has 19 heavy (non-hydrogen) atoms. The summed E-state index contributed by atoms with van der Waals surface area (Å²) in [6.07, 6.45) is 0. The minimum Gasteiger partial charge on any atom is -0.494 e. The smallest absolute Gasteiger partial charge is 0.165 e. The minimum absolute atomic E-state index is 0.0250. The molecule has 0 bridgehead atoms. The maximum atomic E-state index is 13.5. The van der Waals surface area contributed by atoms with Gasteiger partial charge in [0, 0.05) is 4.88 Å². The van der Waals surface area contributed by atoms with Gasteiger partial charge in [-0.15, -0.1) is 11.3 Å². The fraction of sp³-hybridized carbons (Fsp3) is 0.286. The zero-order valence-electron chi connectivity index (χ0n) is 11.0. The van der Waals surface area contributed by atoms with Crippen LogP contribution in [0.3, 0.4) is 0 Å². The zero-order valence-corrected chi connectivity index (χ0v) is 13.4. The number of aryl methyl sites for hydroxylation is 1. The molecule has 2 nitrogen and oxygen atoms in total. The van der Waals surface area contributed by atoms with Crippen LogP contribution in [0, 0.1) is 12.7 Å². The Kier molecular flexibility index (Phi) is 4.60. The Bertz CT molecular complexity index is 585. The van der Waals surface area contributed by atoms with Gasteiger partial charge in [-0.25, -0.2) is 4.39 Å². The van der Waals surface area contributed by atoms with Gasteiger partial charge >= 0.3 is 0 Å². The third kappa shape index (κ3) is 2.99. The molecule has 1 unspecified atom stereocenters. The highest BCUT2D eigenvalue weighted by Gasteiger charge is 2.18. The number of halogens is 2. The first-order valence-corrected chi connectivity index (χ1v) is 7.44. The molecule has 0 radical (unpaired) electrons. The third-order valence-corrected chi connectivity index (χ3v) is 4.60. The number of nitrogens with one attached hydrogen (secondary N) is 1. The summed E-state index contributed by atoms with van der Waals surface area (Å²) in [7, 11) is 3.37. The molecule has 1 aromatic heterocycles. The largest absolute Gasteiger partial charge is 0.494 e. The lowest BCUT2D eigenvalue weighted by Crippen LogP contribution is -2.18. The Morgan fingerprint density at radius 1 is 1.37 bits per heavy atom. The molecule has 0 aliphatic rings. The number of methoxy groups -OCH3 is 1. The van der Waals surface area contributed by atoms with Gasteiger partial charge in [0.05, 0.1) is 16.9 Å². The summed E-state index contributed by atoms with van der Waals surface area (Å²) in [4.78, 5) is 1.23. The molecule has 0 saturated heterocycles. The lowest BCUT2D eigenvalue weighted by molar-refractivity contribution is 0.385. The van der Waals surface area contributed by atoms with Crippen molar-refractivity contribution in [2.75, 3.05) is 14.2 Å². The van der Waals surface area contributed by atoms with E-state index in [2.05, 4.69) is 34.2 Å². The second-order valence-electron chi connectivity index (χ2n) is 4.18. The summed E-state index contributed by atoms with van der Waals surface area (Å²) in [5.41, 5.74) is 2.17. The first-order valence-electron chi connectivity index (χ1n) is 5.83. The number of hydrogen-bond donors (Lipinski definition) is 1. The number of ether oxygens (including phenoxy) is 1. The molecule has 1 heterocycles. The van der Waals surface area contributed by atoms with Gasteiger partial charge in [0.25, 0.3) is 0 Å². The second kappa shape index (κ2) is 6.03. The van der Waals surface area contributed by atoms with Crippen molar-refractivity contribution >= 4 is 27.3 Å². The van der Waals surface area contributed by atoms with E-state index in [1.807, 2.05) is 7.05 Å². The van der Waals surface area contributed by atoms with Crippen molar-refractivity contribution in [2.45, 2.75) is 13.0 Å². The summed E-state index contributed by atoms with van der Waals surface area (Å²) < 4.78 is 19.6. The van der Waals surface area contributed by atoms with Crippen LogP contribution in [-0.2, 0) is 0 Å². The van der Waals surface area contributed by atoms with E-state index >= 15 is 0 Å². The second-order valence-corrected chi connectivity index (χ2v) is 6.81. The zero-order chi connectivity index (χ0) is 14.0. The van der Waals surface area contributed by atoms with E-state index in [9.17, 15) is 4.39 Å². The van der Waals surface area contributed by atoms with Crippen LogP contribution in [0.25, 0.3) is 0 Å². The van der Waals surface area contributed by atoms with Crippen LogP contribution >= 0.6 is 27.3 Å². The number of benzene rings is 1. The van der Waals surface area contributed by atoms with Gasteiger partial charge in [-0.3, -0.25) is 0 Å². The molecule has 1 N–H and O–H groups in total. The Morgan fingerprint density at radius 3 is 2.63 bits per heavy atom. The van der Waals surface area contributed by atoms with E-state index in [1.54, 1.807) is 23.5 Å². The fourth-order valence-electron chi connectivity index (χ4n) is 2.10. The van der Waals surface area contributed by atoms with Crippen LogP contribution in [0.5, 0.6) is 5.75 Å². The lowest BCUT2D eigenvalue weighted by atomic mass is 9.99. The molecule has 0 fully saturated rings. The number of rotatable bonds is 4. The van der Waals surface area contributed by atoms with Gasteiger partial charge in [0.1, 0.15) is 0 Å². The number of hydrogen-bond acceptors (Lipinski definition) is 3. The molecule has 2 rings (SSSR count). The standard InChI is InChI=1S/C14H15BrFNOS/c1-8-10(7-13(15)19-8)14(17-2)9-4-5-11(16)12(6-9)18-3/h4-7,14,17H,1-3H3. The van der Waals surface area contributed by atoms with Crippen molar-refractivity contribution in [3.8, 4) is 5.75 Å². The van der Waals surface area contributed by atoms with Crippen LogP contribution in [0.2, 0.25) is 0 Å². The molecule has 0 saturated carbocycles. The van der Waals surface area contributed by atoms with Gasteiger partial charge < -0.3 is 10.1 Å². The average molecular weight is 344 g/mol. The van der Waals surface area contributed by atoms with Gasteiger partial charge in [0.2, 0.25) is 0 Å². The van der Waals surface area contributed by atoms with E-state index in [1.165, 1.54) is 23.6 Å². The lowest BCUT2D eigenvalue weighted by Gasteiger charge is -2.17. The van der Waals surface area contributed by atoms with E-state index in [0.29, 0.717) is 0 Å². The summed E-state index contributed by atoms with van der Waals surface area (Å²) in [6.45, 7) is 2.08. The Balaban J connectivity index is 2.45. The SMILES string of the molecule is CNC(c1ccc(F)c(OC)c1)c1cc(Br)sc1C. The highest BCUT2D eigenvalue weighted by atomic mass is 79.9. The highest BCUT2D eigenvalue weighted by Crippen LogP contribution is 2.34. The van der Waals surface area contributed by atoms with Crippen LogP contribution in [-0.4, -0.2) is 14.2 Å². The molecule has 0 spiro atoms. The first kappa shape index (κ1) is 14.5. The molecule has 0 amide bonds. The Hall–Kier alpha value is -0.910. The van der Waals surface area contributed by atoms with Crippen molar-refractivity contribution in [3.63, 3.8) is 0 Å². The molecule has 1 aromatic carbocycles. The quantitative estimate of drug-likeness (QED) is 0.894. The van der Waals surface area contributed by atoms with E-state index in [4.69, 9.17) is 4.74 Å². The van der Waals surface area contributed by atoms with Crippen molar-refractivity contribution in [1.82, 2.24) is 5.32 Å². The van der Waals surface area contributed by atoms with Crippen molar-refractivity contribution in [3.05, 3.63) is 49.9 Å². The summed E-state index contributed by atoms with van der Waals surface area (Å²) in [5, 5.41) is 3.27. The van der Waals surface area contributed by atoms with Crippen molar-refractivity contribution < 1.29 is 9.13 Å². The van der Waals surface area contributed by atoms with E-state index < -0.39 is 0 Å². The summed E-state index contributed by atoms with van der Waals surface area (Å²) in [5.74, 6) is -0.0750. The first-order chi connectivity index (χ1) is 9.06. The third-order valence-electron chi connectivity index (χ3n) is 3.03. The summed E-state index contributed by atoms with van der Waals surface area (Å²) in [6, 6.07) is 7.08. The van der Waals surface area contributed by atoms with Crippen molar-refractivity contribution in [2.24, 2.45) is 0 Å². The van der Waals surface area contributed by atoms with Crippen LogP contribution in [0.15, 0.2) is 28.1 Å².